The number of rotatable bonds is 4. The Bertz CT molecular complexity index is 751. The number of carbonyl (C=O) groups is 1. The summed E-state index contributed by atoms with van der Waals surface area (Å²) in [6, 6.07) is 3.55. The van der Waals surface area contributed by atoms with Crippen LogP contribution in [0, 0.1) is 0 Å². The highest BCUT2D eigenvalue weighted by Gasteiger charge is 2.31. The number of halogens is 1. The molecule has 0 bridgehead atoms. The van der Waals surface area contributed by atoms with E-state index in [2.05, 4.69) is 10.4 Å². The Hall–Kier alpha value is -2.12. The van der Waals surface area contributed by atoms with E-state index in [4.69, 9.17) is 28.2 Å². The van der Waals surface area contributed by atoms with E-state index in [1.165, 1.54) is 4.90 Å². The molecule has 1 amide bonds. The molecule has 8 heteroatoms. The van der Waals surface area contributed by atoms with Gasteiger partial charge in [-0.15, -0.1) is 0 Å². The second kappa shape index (κ2) is 5.94. The van der Waals surface area contributed by atoms with Crippen LogP contribution in [0.3, 0.4) is 0 Å². The molecule has 3 heterocycles. The maximum absolute atomic E-state index is 12.4. The predicted octanol–water partition coefficient (Wildman–Crippen LogP) is 2.41. The van der Waals surface area contributed by atoms with E-state index in [0.29, 0.717) is 33.8 Å². The van der Waals surface area contributed by atoms with Crippen molar-refractivity contribution in [1.29, 1.82) is 0 Å². The molecule has 1 fully saturated rings. The molecule has 0 aliphatic carbocycles. The Kier molecular flexibility index (Phi) is 4.00. The van der Waals surface area contributed by atoms with Crippen molar-refractivity contribution in [2.45, 2.75) is 20.0 Å². The zero-order valence-electron chi connectivity index (χ0n) is 11.7. The Labute approximate surface area is 137 Å². The summed E-state index contributed by atoms with van der Waals surface area (Å²) in [7, 11) is 0. The number of furan rings is 1. The maximum atomic E-state index is 12.4. The van der Waals surface area contributed by atoms with E-state index in [1.807, 2.05) is 6.92 Å². The Morgan fingerprint density at radius 1 is 1.55 bits per heavy atom. The summed E-state index contributed by atoms with van der Waals surface area (Å²) in [4.78, 5) is 13.9. The van der Waals surface area contributed by atoms with Gasteiger partial charge in [-0.3, -0.25) is 14.4 Å². The molecule has 0 atom stereocenters. The van der Waals surface area contributed by atoms with Gasteiger partial charge in [0.05, 0.1) is 17.8 Å². The highest BCUT2D eigenvalue weighted by atomic mass is 35.5. The largest absolute Gasteiger partial charge is 0.467 e. The summed E-state index contributed by atoms with van der Waals surface area (Å²) in [6.45, 7) is 2.94. The summed E-state index contributed by atoms with van der Waals surface area (Å²) in [5, 5.41) is 7.99. The molecule has 2 aromatic heterocycles. The van der Waals surface area contributed by atoms with Crippen LogP contribution in [0.25, 0.3) is 6.08 Å². The van der Waals surface area contributed by atoms with Crippen molar-refractivity contribution in [3.63, 3.8) is 0 Å². The molecule has 1 aliphatic heterocycles. The fourth-order valence-electron chi connectivity index (χ4n) is 2.08. The summed E-state index contributed by atoms with van der Waals surface area (Å²) in [6.07, 6.45) is 4.87. The number of aromatic nitrogens is 2. The monoisotopic (exact) mass is 336 g/mol. The normalized spacial score (nSPS) is 16.6. The molecular weight excluding hydrogens is 324 g/mol. The Morgan fingerprint density at radius 2 is 2.36 bits per heavy atom. The zero-order valence-corrected chi connectivity index (χ0v) is 13.3. The van der Waals surface area contributed by atoms with Gasteiger partial charge in [0.15, 0.2) is 5.11 Å². The number of carbonyl (C=O) groups excluding carboxylic acids is 1. The van der Waals surface area contributed by atoms with Gasteiger partial charge < -0.3 is 9.73 Å². The standard InChI is InChI=1S/C14H13ClN4O2S/c1-2-18-8-10(15)11(17-18)6-12-13(20)19(14(22)16-12)7-9-4-3-5-21-9/h3-6,8H,2,7H2,1H3,(H,16,22)/b12-6+. The summed E-state index contributed by atoms with van der Waals surface area (Å²) >= 11 is 11.3. The lowest BCUT2D eigenvalue weighted by molar-refractivity contribution is -0.122. The Balaban J connectivity index is 1.83. The molecule has 22 heavy (non-hydrogen) atoms. The molecule has 0 aromatic carbocycles. The molecule has 1 N–H and O–H groups in total. The minimum Gasteiger partial charge on any atom is -0.467 e. The van der Waals surface area contributed by atoms with Crippen molar-refractivity contribution in [2.24, 2.45) is 0 Å². The lowest BCUT2D eigenvalue weighted by Crippen LogP contribution is -2.29. The first-order chi connectivity index (χ1) is 10.6. The van der Waals surface area contributed by atoms with Crippen LogP contribution in [0.15, 0.2) is 34.7 Å². The zero-order chi connectivity index (χ0) is 15.7. The lowest BCUT2D eigenvalue weighted by atomic mass is 10.3. The predicted molar refractivity (Wildman–Crippen MR) is 85.9 cm³/mol. The van der Waals surface area contributed by atoms with Gasteiger partial charge in [0.25, 0.3) is 5.91 Å². The molecular formula is C14H13ClN4O2S. The topological polar surface area (TPSA) is 63.3 Å². The highest BCUT2D eigenvalue weighted by Crippen LogP contribution is 2.20. The number of nitrogens with one attached hydrogen (secondary N) is 1. The number of amides is 1. The van der Waals surface area contributed by atoms with Crippen molar-refractivity contribution in [3.8, 4) is 0 Å². The van der Waals surface area contributed by atoms with Crippen LogP contribution in [-0.4, -0.2) is 25.7 Å². The summed E-state index contributed by atoms with van der Waals surface area (Å²) in [5.74, 6) is 0.426. The minimum absolute atomic E-state index is 0.233. The molecule has 0 spiro atoms. The van der Waals surface area contributed by atoms with E-state index in [0.717, 1.165) is 0 Å². The third-order valence-corrected chi connectivity index (χ3v) is 3.82. The number of thiocarbonyl (C=S) groups is 1. The van der Waals surface area contributed by atoms with Gasteiger partial charge >= 0.3 is 0 Å². The van der Waals surface area contributed by atoms with E-state index >= 15 is 0 Å². The van der Waals surface area contributed by atoms with Crippen molar-refractivity contribution < 1.29 is 9.21 Å². The fourth-order valence-corrected chi connectivity index (χ4v) is 2.54. The van der Waals surface area contributed by atoms with Crippen LogP contribution in [0.2, 0.25) is 5.02 Å². The van der Waals surface area contributed by atoms with E-state index < -0.39 is 0 Å². The maximum Gasteiger partial charge on any atom is 0.277 e. The summed E-state index contributed by atoms with van der Waals surface area (Å²) < 4.78 is 6.95. The van der Waals surface area contributed by atoms with Crippen LogP contribution in [-0.2, 0) is 17.9 Å². The average Bonchev–Trinajstić information content (AvgIpc) is 3.18. The highest BCUT2D eigenvalue weighted by molar-refractivity contribution is 7.80. The van der Waals surface area contributed by atoms with Gasteiger partial charge in [-0.1, -0.05) is 11.6 Å². The van der Waals surface area contributed by atoms with Crippen LogP contribution in [0.5, 0.6) is 0 Å². The first-order valence-corrected chi connectivity index (χ1v) is 7.47. The van der Waals surface area contributed by atoms with Crippen LogP contribution in [0.4, 0.5) is 0 Å². The van der Waals surface area contributed by atoms with Crippen LogP contribution in [0.1, 0.15) is 18.4 Å². The number of hydrogen-bond donors (Lipinski definition) is 1. The quantitative estimate of drug-likeness (QED) is 0.686. The van der Waals surface area contributed by atoms with Crippen molar-refractivity contribution in [2.75, 3.05) is 0 Å². The SMILES string of the molecule is CCn1cc(Cl)c(/C=C2/NC(=S)N(Cc3ccco3)C2=O)n1. The number of hydrogen-bond acceptors (Lipinski definition) is 4. The molecule has 1 aliphatic rings. The molecule has 3 rings (SSSR count). The molecule has 0 radical (unpaired) electrons. The minimum atomic E-state index is -0.233. The first-order valence-electron chi connectivity index (χ1n) is 6.68. The van der Waals surface area contributed by atoms with Gasteiger partial charge in [-0.25, -0.2) is 0 Å². The third kappa shape index (κ3) is 2.77. The molecule has 114 valence electrons. The second-order valence-corrected chi connectivity index (χ2v) is 5.47. The fraction of sp³-hybridized carbons (Fsp3) is 0.214. The van der Waals surface area contributed by atoms with Crippen LogP contribution >= 0.6 is 23.8 Å². The molecule has 0 saturated carbocycles. The van der Waals surface area contributed by atoms with Crippen molar-refractivity contribution in [3.05, 3.63) is 46.8 Å². The van der Waals surface area contributed by atoms with Gasteiger partial charge in [0.1, 0.15) is 17.2 Å². The van der Waals surface area contributed by atoms with E-state index in [9.17, 15) is 4.79 Å². The van der Waals surface area contributed by atoms with Gasteiger partial charge in [0, 0.05) is 12.7 Å². The first kappa shape index (κ1) is 14.8. The van der Waals surface area contributed by atoms with Crippen molar-refractivity contribution >= 4 is 40.9 Å². The second-order valence-electron chi connectivity index (χ2n) is 4.68. The lowest BCUT2D eigenvalue weighted by Gasteiger charge is -2.11. The molecule has 6 nitrogen and oxygen atoms in total. The smallest absolute Gasteiger partial charge is 0.277 e. The average molecular weight is 337 g/mol. The number of nitrogens with zero attached hydrogens (tertiary/aromatic N) is 3. The molecule has 0 unspecified atom stereocenters. The van der Waals surface area contributed by atoms with E-state index in [1.54, 1.807) is 35.4 Å². The van der Waals surface area contributed by atoms with E-state index in [-0.39, 0.29) is 12.5 Å². The molecule has 2 aromatic rings. The van der Waals surface area contributed by atoms with Crippen molar-refractivity contribution in [1.82, 2.24) is 20.0 Å². The summed E-state index contributed by atoms with van der Waals surface area (Å²) in [5.41, 5.74) is 0.877. The third-order valence-electron chi connectivity index (χ3n) is 3.20. The number of aryl methyl sites for hydroxylation is 1. The van der Waals surface area contributed by atoms with Crippen LogP contribution < -0.4 is 5.32 Å². The van der Waals surface area contributed by atoms with Gasteiger partial charge in [-0.2, -0.15) is 5.10 Å². The Morgan fingerprint density at radius 3 is 3.00 bits per heavy atom. The molecule has 1 saturated heterocycles. The van der Waals surface area contributed by atoms with Gasteiger partial charge in [0.2, 0.25) is 0 Å². The van der Waals surface area contributed by atoms with Gasteiger partial charge in [-0.05, 0) is 37.4 Å².